The lowest BCUT2D eigenvalue weighted by Crippen LogP contribution is -2.02. The molecule has 0 unspecified atom stereocenters. The van der Waals surface area contributed by atoms with Crippen LogP contribution in [0.1, 0.15) is 28.4 Å². The number of nitrogens with two attached hydrogens (primary N) is 1. The fraction of sp³-hybridized carbons (Fsp3) is 0.300. The molecule has 0 aliphatic rings. The number of hydrogen-bond acceptors (Lipinski definition) is 2. The Balaban J connectivity index is 3.38. The number of rotatable bonds is 1. The van der Waals surface area contributed by atoms with E-state index in [1.165, 1.54) is 6.92 Å². The summed E-state index contributed by atoms with van der Waals surface area (Å²) in [4.78, 5) is 11.1. The topological polar surface area (TPSA) is 43.1 Å². The molecule has 12 heavy (non-hydrogen) atoms. The highest BCUT2D eigenvalue weighted by Crippen LogP contribution is 2.19. The summed E-state index contributed by atoms with van der Waals surface area (Å²) in [6.07, 6.45) is 0. The number of nitrogen functional groups attached to an aromatic ring is 1. The van der Waals surface area contributed by atoms with Crippen LogP contribution in [0.2, 0.25) is 0 Å². The monoisotopic (exact) mass is 163 g/mol. The molecule has 1 aromatic rings. The van der Waals surface area contributed by atoms with Crippen LogP contribution in [-0.4, -0.2) is 5.78 Å². The van der Waals surface area contributed by atoms with Crippen LogP contribution in [0.5, 0.6) is 0 Å². The van der Waals surface area contributed by atoms with Gasteiger partial charge in [-0.05, 0) is 38.0 Å². The van der Waals surface area contributed by atoms with Crippen LogP contribution in [0.15, 0.2) is 12.1 Å². The van der Waals surface area contributed by atoms with E-state index in [0.29, 0.717) is 11.3 Å². The van der Waals surface area contributed by atoms with Crippen molar-refractivity contribution >= 4 is 11.5 Å². The van der Waals surface area contributed by atoms with E-state index >= 15 is 0 Å². The first-order valence-electron chi connectivity index (χ1n) is 3.90. The molecule has 64 valence electrons. The molecule has 0 bridgehead atoms. The molecule has 2 heteroatoms. The third-order valence-corrected chi connectivity index (χ3v) is 1.86. The summed E-state index contributed by atoms with van der Waals surface area (Å²) in [5.41, 5.74) is 8.99. The predicted octanol–water partition coefficient (Wildman–Crippen LogP) is 2.09. The molecule has 1 rings (SSSR count). The van der Waals surface area contributed by atoms with Crippen LogP contribution in [0.3, 0.4) is 0 Å². The molecule has 0 spiro atoms. The normalized spacial score (nSPS) is 9.92. The molecule has 2 nitrogen and oxygen atoms in total. The Kier molecular flexibility index (Phi) is 2.18. The van der Waals surface area contributed by atoms with E-state index in [1.54, 1.807) is 0 Å². The highest BCUT2D eigenvalue weighted by Gasteiger charge is 2.07. The Morgan fingerprint density at radius 1 is 1.33 bits per heavy atom. The second kappa shape index (κ2) is 2.97. The number of anilines is 1. The molecular weight excluding hydrogens is 150 g/mol. The van der Waals surface area contributed by atoms with E-state index < -0.39 is 0 Å². The van der Waals surface area contributed by atoms with Gasteiger partial charge in [-0.2, -0.15) is 0 Å². The second-order valence-corrected chi connectivity index (χ2v) is 3.10. The van der Waals surface area contributed by atoms with Crippen LogP contribution >= 0.6 is 0 Å². The molecule has 1 aromatic carbocycles. The number of aryl methyl sites for hydroxylation is 2. The quantitative estimate of drug-likeness (QED) is 0.509. The zero-order chi connectivity index (χ0) is 9.30. The zero-order valence-electron chi connectivity index (χ0n) is 7.64. The van der Waals surface area contributed by atoms with E-state index in [9.17, 15) is 4.79 Å². The molecule has 0 atom stereocenters. The summed E-state index contributed by atoms with van der Waals surface area (Å²) in [6.45, 7) is 5.40. The first-order valence-corrected chi connectivity index (χ1v) is 3.90. The molecule has 2 N–H and O–H groups in total. The van der Waals surface area contributed by atoms with E-state index in [-0.39, 0.29) is 5.78 Å². The summed E-state index contributed by atoms with van der Waals surface area (Å²) >= 11 is 0. The van der Waals surface area contributed by atoms with Crippen LogP contribution in [-0.2, 0) is 0 Å². The SMILES string of the molecule is CC(=O)c1c(C)cc(C)cc1N. The van der Waals surface area contributed by atoms with Gasteiger partial charge in [0.05, 0.1) is 0 Å². The standard InChI is InChI=1S/C10H13NO/c1-6-4-7(2)10(8(3)12)9(11)5-6/h4-5H,11H2,1-3H3. The summed E-state index contributed by atoms with van der Waals surface area (Å²) in [7, 11) is 0. The molecule has 0 aliphatic carbocycles. The summed E-state index contributed by atoms with van der Waals surface area (Å²) in [5, 5.41) is 0. The van der Waals surface area contributed by atoms with Crippen molar-refractivity contribution < 1.29 is 4.79 Å². The zero-order valence-corrected chi connectivity index (χ0v) is 7.64. The maximum atomic E-state index is 11.1. The molecule has 0 fully saturated rings. The molecule has 0 heterocycles. The van der Waals surface area contributed by atoms with Gasteiger partial charge in [-0.1, -0.05) is 6.07 Å². The lowest BCUT2D eigenvalue weighted by Gasteiger charge is -2.06. The number of benzene rings is 1. The molecule has 0 aromatic heterocycles. The van der Waals surface area contributed by atoms with Crippen molar-refractivity contribution in [3.63, 3.8) is 0 Å². The Hall–Kier alpha value is -1.31. The van der Waals surface area contributed by atoms with Crippen LogP contribution in [0.25, 0.3) is 0 Å². The van der Waals surface area contributed by atoms with Gasteiger partial charge in [-0.25, -0.2) is 0 Å². The Morgan fingerprint density at radius 2 is 1.92 bits per heavy atom. The van der Waals surface area contributed by atoms with Crippen molar-refractivity contribution in [3.05, 3.63) is 28.8 Å². The number of Topliss-reactive ketones (excluding diaryl/α,β-unsaturated/α-hetero) is 1. The van der Waals surface area contributed by atoms with E-state index in [2.05, 4.69) is 0 Å². The van der Waals surface area contributed by atoms with Gasteiger partial charge in [0.25, 0.3) is 0 Å². The van der Waals surface area contributed by atoms with Crippen molar-refractivity contribution in [1.29, 1.82) is 0 Å². The van der Waals surface area contributed by atoms with Crippen molar-refractivity contribution in [2.45, 2.75) is 20.8 Å². The third-order valence-electron chi connectivity index (χ3n) is 1.86. The average molecular weight is 163 g/mol. The highest BCUT2D eigenvalue weighted by molar-refractivity contribution is 6.00. The van der Waals surface area contributed by atoms with Gasteiger partial charge in [-0.15, -0.1) is 0 Å². The number of hydrogen-bond donors (Lipinski definition) is 1. The molecule has 0 amide bonds. The summed E-state index contributed by atoms with van der Waals surface area (Å²) in [5.74, 6) is 0.0324. The maximum absolute atomic E-state index is 11.1. The molecule has 0 radical (unpaired) electrons. The van der Waals surface area contributed by atoms with Crippen LogP contribution in [0.4, 0.5) is 5.69 Å². The van der Waals surface area contributed by atoms with Crippen molar-refractivity contribution in [2.75, 3.05) is 5.73 Å². The van der Waals surface area contributed by atoms with Gasteiger partial charge in [-0.3, -0.25) is 4.79 Å². The number of ketones is 1. The third kappa shape index (κ3) is 1.47. The smallest absolute Gasteiger partial charge is 0.162 e. The van der Waals surface area contributed by atoms with Gasteiger partial charge in [0.1, 0.15) is 0 Å². The lowest BCUT2D eigenvalue weighted by atomic mass is 10.0. The van der Waals surface area contributed by atoms with Gasteiger partial charge >= 0.3 is 0 Å². The minimum atomic E-state index is 0.0324. The Bertz CT molecular complexity index is 306. The first kappa shape index (κ1) is 8.78. The number of carbonyl (C=O) groups excluding carboxylic acids is 1. The van der Waals surface area contributed by atoms with Crippen molar-refractivity contribution in [3.8, 4) is 0 Å². The first-order chi connectivity index (χ1) is 5.52. The lowest BCUT2D eigenvalue weighted by molar-refractivity contribution is 0.101. The van der Waals surface area contributed by atoms with Crippen molar-refractivity contribution in [1.82, 2.24) is 0 Å². The van der Waals surface area contributed by atoms with Gasteiger partial charge < -0.3 is 5.73 Å². The van der Waals surface area contributed by atoms with E-state index in [4.69, 9.17) is 5.73 Å². The minimum Gasteiger partial charge on any atom is -0.398 e. The maximum Gasteiger partial charge on any atom is 0.162 e. The van der Waals surface area contributed by atoms with E-state index in [1.807, 2.05) is 26.0 Å². The summed E-state index contributed by atoms with van der Waals surface area (Å²) in [6, 6.07) is 3.79. The predicted molar refractivity (Wildman–Crippen MR) is 50.3 cm³/mol. The van der Waals surface area contributed by atoms with Gasteiger partial charge in [0.15, 0.2) is 5.78 Å². The molecule has 0 saturated carbocycles. The minimum absolute atomic E-state index is 0.0324. The molecule has 0 aliphatic heterocycles. The van der Waals surface area contributed by atoms with Crippen LogP contribution in [0, 0.1) is 13.8 Å². The largest absolute Gasteiger partial charge is 0.398 e. The van der Waals surface area contributed by atoms with Gasteiger partial charge in [0, 0.05) is 11.3 Å². The molecule has 0 saturated heterocycles. The highest BCUT2D eigenvalue weighted by atomic mass is 16.1. The van der Waals surface area contributed by atoms with Crippen molar-refractivity contribution in [2.24, 2.45) is 0 Å². The average Bonchev–Trinajstić information content (AvgIpc) is 1.82. The second-order valence-electron chi connectivity index (χ2n) is 3.10. The fourth-order valence-corrected chi connectivity index (χ4v) is 1.48. The van der Waals surface area contributed by atoms with E-state index in [0.717, 1.165) is 11.1 Å². The van der Waals surface area contributed by atoms with Gasteiger partial charge in [0.2, 0.25) is 0 Å². The fourth-order valence-electron chi connectivity index (χ4n) is 1.48. The van der Waals surface area contributed by atoms with Crippen LogP contribution < -0.4 is 5.73 Å². The Morgan fingerprint density at radius 3 is 2.33 bits per heavy atom. The molecular formula is C10H13NO. The summed E-state index contributed by atoms with van der Waals surface area (Å²) < 4.78 is 0. The Labute approximate surface area is 72.4 Å². The number of carbonyl (C=O) groups is 1.